The SMILES string of the molecule is O=C(O)C1CCCN1CCc1ccc2c(c1)CCN2. The van der Waals surface area contributed by atoms with Crippen LogP contribution in [0, 0.1) is 0 Å². The lowest BCUT2D eigenvalue weighted by atomic mass is 10.1. The van der Waals surface area contributed by atoms with E-state index in [1.165, 1.54) is 16.8 Å². The molecule has 4 nitrogen and oxygen atoms in total. The van der Waals surface area contributed by atoms with E-state index in [1.54, 1.807) is 0 Å². The van der Waals surface area contributed by atoms with Crippen LogP contribution in [0.5, 0.6) is 0 Å². The van der Waals surface area contributed by atoms with Gasteiger partial charge >= 0.3 is 5.97 Å². The first-order valence-corrected chi connectivity index (χ1v) is 7.06. The van der Waals surface area contributed by atoms with Gasteiger partial charge < -0.3 is 10.4 Å². The van der Waals surface area contributed by atoms with Gasteiger partial charge in [0.1, 0.15) is 6.04 Å². The summed E-state index contributed by atoms with van der Waals surface area (Å²) >= 11 is 0. The standard InChI is InChI=1S/C15H20N2O2/c18-15(19)14-2-1-8-17(14)9-6-11-3-4-13-12(10-11)5-7-16-13/h3-4,10,14,16H,1-2,5-9H2,(H,18,19). The summed E-state index contributed by atoms with van der Waals surface area (Å²) in [5, 5.41) is 12.5. The Bertz CT molecular complexity index is 487. The second kappa shape index (κ2) is 5.21. The van der Waals surface area contributed by atoms with Crippen LogP contribution in [0.3, 0.4) is 0 Å². The third-order valence-electron chi connectivity index (χ3n) is 4.22. The van der Waals surface area contributed by atoms with Crippen LogP contribution in [0.25, 0.3) is 0 Å². The van der Waals surface area contributed by atoms with E-state index in [9.17, 15) is 4.79 Å². The average molecular weight is 260 g/mol. The molecule has 19 heavy (non-hydrogen) atoms. The Morgan fingerprint density at radius 3 is 3.21 bits per heavy atom. The summed E-state index contributed by atoms with van der Waals surface area (Å²) in [6.45, 7) is 2.80. The van der Waals surface area contributed by atoms with Gasteiger partial charge in [0.15, 0.2) is 0 Å². The van der Waals surface area contributed by atoms with E-state index in [-0.39, 0.29) is 6.04 Å². The Hall–Kier alpha value is -1.55. The minimum atomic E-state index is -0.671. The van der Waals surface area contributed by atoms with Gasteiger partial charge in [-0.25, -0.2) is 0 Å². The zero-order chi connectivity index (χ0) is 13.2. The van der Waals surface area contributed by atoms with Crippen LogP contribution in [0.2, 0.25) is 0 Å². The number of aliphatic carboxylic acids is 1. The molecule has 3 rings (SSSR count). The van der Waals surface area contributed by atoms with Gasteiger partial charge in [0.05, 0.1) is 0 Å². The Labute approximate surface area is 113 Å². The number of nitrogens with one attached hydrogen (secondary N) is 1. The van der Waals surface area contributed by atoms with Crippen molar-refractivity contribution in [3.8, 4) is 0 Å². The molecule has 0 saturated carbocycles. The molecule has 0 amide bonds. The molecule has 0 aromatic heterocycles. The molecule has 1 atom stereocenters. The Kier molecular flexibility index (Phi) is 3.42. The summed E-state index contributed by atoms with van der Waals surface area (Å²) in [7, 11) is 0. The largest absolute Gasteiger partial charge is 0.480 e. The van der Waals surface area contributed by atoms with Crippen molar-refractivity contribution in [1.82, 2.24) is 4.90 Å². The van der Waals surface area contributed by atoms with E-state index in [2.05, 4.69) is 28.4 Å². The third-order valence-corrected chi connectivity index (χ3v) is 4.22. The Morgan fingerprint density at radius 1 is 1.47 bits per heavy atom. The maximum Gasteiger partial charge on any atom is 0.320 e. The maximum atomic E-state index is 11.1. The maximum absolute atomic E-state index is 11.1. The first kappa shape index (κ1) is 12.5. The summed E-state index contributed by atoms with van der Waals surface area (Å²) in [6.07, 6.45) is 3.84. The van der Waals surface area contributed by atoms with Crippen molar-refractivity contribution in [3.05, 3.63) is 29.3 Å². The number of anilines is 1. The highest BCUT2D eigenvalue weighted by Crippen LogP contribution is 2.24. The number of likely N-dealkylation sites (tertiary alicyclic amines) is 1. The number of rotatable bonds is 4. The lowest BCUT2D eigenvalue weighted by Gasteiger charge is -2.20. The van der Waals surface area contributed by atoms with Gasteiger partial charge in [0.25, 0.3) is 0 Å². The molecule has 1 fully saturated rings. The fraction of sp³-hybridized carbons (Fsp3) is 0.533. The molecule has 0 aliphatic carbocycles. The van der Waals surface area contributed by atoms with Crippen molar-refractivity contribution in [2.24, 2.45) is 0 Å². The van der Waals surface area contributed by atoms with Gasteiger partial charge in [-0.3, -0.25) is 9.69 Å². The smallest absolute Gasteiger partial charge is 0.320 e. The molecule has 2 aliphatic rings. The number of carboxylic acid groups (broad SMARTS) is 1. The predicted molar refractivity (Wildman–Crippen MR) is 74.6 cm³/mol. The zero-order valence-corrected chi connectivity index (χ0v) is 11.1. The summed E-state index contributed by atoms with van der Waals surface area (Å²) in [4.78, 5) is 13.2. The second-order valence-corrected chi connectivity index (χ2v) is 5.45. The molecule has 102 valence electrons. The van der Waals surface area contributed by atoms with Crippen LogP contribution < -0.4 is 5.32 Å². The van der Waals surface area contributed by atoms with Crippen LogP contribution in [0.15, 0.2) is 18.2 Å². The van der Waals surface area contributed by atoms with Gasteiger partial charge in [-0.05, 0) is 49.4 Å². The average Bonchev–Trinajstić information content (AvgIpc) is 3.04. The molecule has 1 saturated heterocycles. The minimum Gasteiger partial charge on any atom is -0.480 e. The number of carbonyl (C=O) groups is 1. The lowest BCUT2D eigenvalue weighted by Crippen LogP contribution is -2.37. The monoisotopic (exact) mass is 260 g/mol. The molecule has 0 radical (unpaired) electrons. The van der Waals surface area contributed by atoms with Crippen molar-refractivity contribution in [2.45, 2.75) is 31.7 Å². The molecular formula is C15H20N2O2. The molecule has 0 spiro atoms. The first-order chi connectivity index (χ1) is 9.24. The summed E-state index contributed by atoms with van der Waals surface area (Å²) in [5.74, 6) is -0.671. The molecule has 1 aromatic carbocycles. The molecule has 1 aromatic rings. The number of benzene rings is 1. The third kappa shape index (κ3) is 2.59. The molecule has 0 bridgehead atoms. The fourth-order valence-corrected chi connectivity index (χ4v) is 3.16. The minimum absolute atomic E-state index is 0.268. The molecule has 4 heteroatoms. The van der Waals surface area contributed by atoms with E-state index in [0.29, 0.717) is 0 Å². The van der Waals surface area contributed by atoms with E-state index in [0.717, 1.165) is 45.3 Å². The van der Waals surface area contributed by atoms with Crippen LogP contribution in [-0.4, -0.2) is 41.7 Å². The summed E-state index contributed by atoms with van der Waals surface area (Å²) < 4.78 is 0. The Balaban J connectivity index is 1.61. The van der Waals surface area contributed by atoms with Crippen LogP contribution in [-0.2, 0) is 17.6 Å². The molecule has 2 N–H and O–H groups in total. The first-order valence-electron chi connectivity index (χ1n) is 7.06. The number of nitrogens with zero attached hydrogens (tertiary/aromatic N) is 1. The van der Waals surface area contributed by atoms with Gasteiger partial charge in [0, 0.05) is 18.8 Å². The van der Waals surface area contributed by atoms with Gasteiger partial charge in [0.2, 0.25) is 0 Å². The van der Waals surface area contributed by atoms with Crippen molar-refractivity contribution >= 4 is 11.7 Å². The molecule has 1 unspecified atom stereocenters. The highest BCUT2D eigenvalue weighted by atomic mass is 16.4. The van der Waals surface area contributed by atoms with E-state index in [4.69, 9.17) is 5.11 Å². The number of hydrogen-bond donors (Lipinski definition) is 2. The molecular weight excluding hydrogens is 240 g/mol. The van der Waals surface area contributed by atoms with E-state index < -0.39 is 5.97 Å². The van der Waals surface area contributed by atoms with E-state index >= 15 is 0 Å². The fourth-order valence-electron chi connectivity index (χ4n) is 3.16. The van der Waals surface area contributed by atoms with Crippen LogP contribution >= 0.6 is 0 Å². The van der Waals surface area contributed by atoms with Gasteiger partial charge in [-0.2, -0.15) is 0 Å². The van der Waals surface area contributed by atoms with Gasteiger partial charge in [-0.1, -0.05) is 12.1 Å². The highest BCUT2D eigenvalue weighted by Gasteiger charge is 2.29. The van der Waals surface area contributed by atoms with Gasteiger partial charge in [-0.15, -0.1) is 0 Å². The quantitative estimate of drug-likeness (QED) is 0.866. The number of fused-ring (bicyclic) bond motifs is 1. The van der Waals surface area contributed by atoms with Crippen molar-refractivity contribution in [3.63, 3.8) is 0 Å². The normalized spacial score (nSPS) is 22.2. The Morgan fingerprint density at radius 2 is 2.37 bits per heavy atom. The van der Waals surface area contributed by atoms with Crippen LogP contribution in [0.4, 0.5) is 5.69 Å². The summed E-state index contributed by atoms with van der Waals surface area (Å²) in [5.41, 5.74) is 3.97. The van der Waals surface area contributed by atoms with Crippen molar-refractivity contribution < 1.29 is 9.90 Å². The number of carboxylic acids is 1. The van der Waals surface area contributed by atoms with Crippen molar-refractivity contribution in [2.75, 3.05) is 25.0 Å². The lowest BCUT2D eigenvalue weighted by molar-refractivity contribution is -0.142. The highest BCUT2D eigenvalue weighted by molar-refractivity contribution is 5.73. The number of hydrogen-bond acceptors (Lipinski definition) is 3. The zero-order valence-electron chi connectivity index (χ0n) is 11.1. The van der Waals surface area contributed by atoms with Crippen molar-refractivity contribution in [1.29, 1.82) is 0 Å². The summed E-state index contributed by atoms with van der Waals surface area (Å²) in [6, 6.07) is 6.30. The topological polar surface area (TPSA) is 52.6 Å². The van der Waals surface area contributed by atoms with Crippen LogP contribution in [0.1, 0.15) is 24.0 Å². The molecule has 2 aliphatic heterocycles. The van der Waals surface area contributed by atoms with E-state index in [1.807, 2.05) is 0 Å². The molecule has 2 heterocycles. The predicted octanol–water partition coefficient (Wildman–Crippen LogP) is 1.75. The second-order valence-electron chi connectivity index (χ2n) is 5.45.